The maximum Gasteiger partial charge on any atom is 0.206 e. The van der Waals surface area contributed by atoms with Crippen LogP contribution in [0, 0.1) is 5.92 Å². The van der Waals surface area contributed by atoms with Gasteiger partial charge in [-0.25, -0.2) is 5.84 Å². The van der Waals surface area contributed by atoms with Gasteiger partial charge in [0.1, 0.15) is 0 Å². The minimum Gasteiger partial charge on any atom is -0.376 e. The van der Waals surface area contributed by atoms with Crippen molar-refractivity contribution in [3.8, 4) is 0 Å². The molecule has 15 heavy (non-hydrogen) atoms. The van der Waals surface area contributed by atoms with Crippen LogP contribution in [-0.2, 0) is 4.74 Å². The molecule has 0 amide bonds. The van der Waals surface area contributed by atoms with Crippen LogP contribution in [0.15, 0.2) is 4.99 Å². The Kier molecular flexibility index (Phi) is 3.43. The van der Waals surface area contributed by atoms with Crippen molar-refractivity contribution >= 4 is 5.96 Å². The number of aliphatic imine (C=N–C) groups is 1. The normalized spacial score (nSPS) is 31.7. The molecule has 1 aliphatic heterocycles. The molecule has 5 heteroatoms. The zero-order chi connectivity index (χ0) is 10.7. The molecule has 0 aromatic carbocycles. The van der Waals surface area contributed by atoms with Crippen LogP contribution in [0.2, 0.25) is 0 Å². The standard InChI is InChI=1S/C10H20N4O/c1-2-12-10(14-11)13-8-5-6-15-9(8)7-3-4-7/h7-9H,2-6,11H2,1H3,(H2,12,13,14). The summed E-state index contributed by atoms with van der Waals surface area (Å²) in [6.45, 7) is 3.57. The van der Waals surface area contributed by atoms with E-state index in [9.17, 15) is 0 Å². The Bertz CT molecular complexity index is 240. The van der Waals surface area contributed by atoms with Crippen molar-refractivity contribution in [3.63, 3.8) is 0 Å². The number of rotatable bonds is 3. The summed E-state index contributed by atoms with van der Waals surface area (Å²) in [7, 11) is 0. The van der Waals surface area contributed by atoms with Crippen LogP contribution < -0.4 is 16.6 Å². The molecule has 4 N–H and O–H groups in total. The molecule has 0 radical (unpaired) electrons. The lowest BCUT2D eigenvalue weighted by Gasteiger charge is -2.21. The fourth-order valence-corrected chi connectivity index (χ4v) is 2.12. The first-order valence-corrected chi connectivity index (χ1v) is 5.74. The third-order valence-electron chi connectivity index (χ3n) is 3.00. The third-order valence-corrected chi connectivity index (χ3v) is 3.00. The maximum absolute atomic E-state index is 5.73. The molecule has 2 fully saturated rings. The average Bonchev–Trinajstić information content (AvgIpc) is 2.99. The zero-order valence-corrected chi connectivity index (χ0v) is 9.20. The molecule has 0 aromatic rings. The van der Waals surface area contributed by atoms with Crippen molar-refractivity contribution in [3.05, 3.63) is 0 Å². The summed E-state index contributed by atoms with van der Waals surface area (Å²) in [5, 5.41) is 3.33. The van der Waals surface area contributed by atoms with Gasteiger partial charge in [-0.1, -0.05) is 0 Å². The van der Waals surface area contributed by atoms with E-state index in [4.69, 9.17) is 10.6 Å². The van der Waals surface area contributed by atoms with Crippen LogP contribution in [0.5, 0.6) is 0 Å². The SMILES string of the molecule is CCN=C(NN)NC1CCOC1C1CC1. The lowest BCUT2D eigenvalue weighted by Crippen LogP contribution is -2.49. The predicted octanol–water partition coefficient (Wildman–Crippen LogP) is -0.0173. The minimum absolute atomic E-state index is 0.361. The molecular formula is C10H20N4O. The van der Waals surface area contributed by atoms with E-state index >= 15 is 0 Å². The van der Waals surface area contributed by atoms with Crippen LogP contribution >= 0.6 is 0 Å². The first-order chi connectivity index (χ1) is 7.35. The molecule has 5 nitrogen and oxygen atoms in total. The number of hydrogen-bond donors (Lipinski definition) is 3. The van der Waals surface area contributed by atoms with Crippen LogP contribution in [0.3, 0.4) is 0 Å². The molecule has 1 saturated heterocycles. The Morgan fingerprint density at radius 3 is 2.87 bits per heavy atom. The number of hydrogen-bond acceptors (Lipinski definition) is 3. The highest BCUT2D eigenvalue weighted by atomic mass is 16.5. The molecule has 0 spiro atoms. The summed E-state index contributed by atoms with van der Waals surface area (Å²) < 4.78 is 5.73. The molecule has 2 unspecified atom stereocenters. The summed E-state index contributed by atoms with van der Waals surface area (Å²) in [5.41, 5.74) is 2.59. The van der Waals surface area contributed by atoms with E-state index in [1.54, 1.807) is 0 Å². The monoisotopic (exact) mass is 212 g/mol. The fraction of sp³-hybridized carbons (Fsp3) is 0.900. The van der Waals surface area contributed by atoms with Gasteiger partial charge in [-0.05, 0) is 32.1 Å². The number of hydrazine groups is 1. The summed E-state index contributed by atoms with van der Waals surface area (Å²) in [4.78, 5) is 4.23. The molecule has 1 heterocycles. The van der Waals surface area contributed by atoms with Gasteiger partial charge in [-0.2, -0.15) is 0 Å². The molecular weight excluding hydrogens is 192 g/mol. The van der Waals surface area contributed by atoms with E-state index in [2.05, 4.69) is 15.7 Å². The number of nitrogens with zero attached hydrogens (tertiary/aromatic N) is 1. The Morgan fingerprint density at radius 1 is 1.47 bits per heavy atom. The van der Waals surface area contributed by atoms with Gasteiger partial charge in [0, 0.05) is 13.2 Å². The second-order valence-corrected chi connectivity index (χ2v) is 4.18. The second kappa shape index (κ2) is 4.81. The summed E-state index contributed by atoms with van der Waals surface area (Å²) >= 11 is 0. The van der Waals surface area contributed by atoms with Crippen LogP contribution in [-0.4, -0.2) is 31.3 Å². The molecule has 0 aromatic heterocycles. The molecule has 86 valence electrons. The summed E-state index contributed by atoms with van der Waals surface area (Å²) in [6, 6.07) is 0.374. The Morgan fingerprint density at radius 2 is 2.27 bits per heavy atom. The van der Waals surface area contributed by atoms with E-state index in [-0.39, 0.29) is 0 Å². The van der Waals surface area contributed by atoms with E-state index in [0.717, 1.165) is 25.5 Å². The first kappa shape index (κ1) is 10.7. The molecule has 1 saturated carbocycles. The Hall–Kier alpha value is -0.810. The van der Waals surface area contributed by atoms with Gasteiger partial charge in [0.15, 0.2) is 0 Å². The van der Waals surface area contributed by atoms with Gasteiger partial charge in [0.2, 0.25) is 5.96 Å². The first-order valence-electron chi connectivity index (χ1n) is 5.74. The van der Waals surface area contributed by atoms with Crippen LogP contribution in [0.1, 0.15) is 26.2 Å². The van der Waals surface area contributed by atoms with Crippen LogP contribution in [0.4, 0.5) is 0 Å². The lowest BCUT2D eigenvalue weighted by molar-refractivity contribution is 0.0841. The van der Waals surface area contributed by atoms with E-state index in [0.29, 0.717) is 18.1 Å². The van der Waals surface area contributed by atoms with Gasteiger partial charge in [-0.15, -0.1) is 0 Å². The highest BCUT2D eigenvalue weighted by molar-refractivity contribution is 5.79. The minimum atomic E-state index is 0.361. The van der Waals surface area contributed by atoms with Crippen molar-refractivity contribution in [1.82, 2.24) is 10.7 Å². The second-order valence-electron chi connectivity index (χ2n) is 4.18. The van der Waals surface area contributed by atoms with Crippen molar-refractivity contribution < 1.29 is 4.74 Å². The van der Waals surface area contributed by atoms with E-state index in [1.165, 1.54) is 12.8 Å². The van der Waals surface area contributed by atoms with E-state index in [1.807, 2.05) is 6.92 Å². The zero-order valence-electron chi connectivity index (χ0n) is 9.20. The molecule has 2 rings (SSSR count). The smallest absolute Gasteiger partial charge is 0.206 e. The number of ether oxygens (including phenoxy) is 1. The van der Waals surface area contributed by atoms with Gasteiger partial charge in [0.05, 0.1) is 12.1 Å². The lowest BCUT2D eigenvalue weighted by atomic mass is 10.1. The van der Waals surface area contributed by atoms with E-state index < -0.39 is 0 Å². The average molecular weight is 212 g/mol. The number of nitrogens with two attached hydrogens (primary N) is 1. The van der Waals surface area contributed by atoms with Crippen molar-refractivity contribution in [2.45, 2.75) is 38.3 Å². The Balaban J connectivity index is 1.88. The molecule has 1 aliphatic carbocycles. The highest BCUT2D eigenvalue weighted by Gasteiger charge is 2.40. The van der Waals surface area contributed by atoms with Gasteiger partial charge >= 0.3 is 0 Å². The topological polar surface area (TPSA) is 71.7 Å². The third kappa shape index (κ3) is 2.60. The molecule has 2 aliphatic rings. The summed E-state index contributed by atoms with van der Waals surface area (Å²) in [5.74, 6) is 6.82. The fourth-order valence-electron chi connectivity index (χ4n) is 2.12. The molecule has 2 atom stereocenters. The highest BCUT2D eigenvalue weighted by Crippen LogP contribution is 2.38. The van der Waals surface area contributed by atoms with Gasteiger partial charge < -0.3 is 10.1 Å². The van der Waals surface area contributed by atoms with Crippen molar-refractivity contribution in [2.75, 3.05) is 13.2 Å². The Labute approximate surface area is 90.4 Å². The van der Waals surface area contributed by atoms with Crippen molar-refractivity contribution in [1.29, 1.82) is 0 Å². The maximum atomic E-state index is 5.73. The summed E-state index contributed by atoms with van der Waals surface area (Å²) in [6.07, 6.45) is 4.02. The predicted molar refractivity (Wildman–Crippen MR) is 59.3 cm³/mol. The van der Waals surface area contributed by atoms with Crippen molar-refractivity contribution in [2.24, 2.45) is 16.8 Å². The largest absolute Gasteiger partial charge is 0.376 e. The van der Waals surface area contributed by atoms with Crippen LogP contribution in [0.25, 0.3) is 0 Å². The molecule has 0 bridgehead atoms. The number of guanidine groups is 1. The number of nitrogens with one attached hydrogen (secondary N) is 2. The van der Waals surface area contributed by atoms with Gasteiger partial charge in [0.25, 0.3) is 0 Å². The quantitative estimate of drug-likeness (QED) is 0.266. The van der Waals surface area contributed by atoms with Gasteiger partial charge in [-0.3, -0.25) is 10.4 Å².